The second kappa shape index (κ2) is 6.66. The normalized spacial score (nSPS) is 13.5. The summed E-state index contributed by atoms with van der Waals surface area (Å²) in [5.41, 5.74) is 2.71. The predicted octanol–water partition coefficient (Wildman–Crippen LogP) is 4.06. The summed E-state index contributed by atoms with van der Waals surface area (Å²) in [6, 6.07) is 7.26. The van der Waals surface area contributed by atoms with Gasteiger partial charge in [0.2, 0.25) is 0 Å². The monoisotopic (exact) mass is 386 g/mol. The second-order valence-electron chi connectivity index (χ2n) is 6.06. The van der Waals surface area contributed by atoms with Crippen LogP contribution in [0.4, 0.5) is 5.13 Å². The van der Waals surface area contributed by atoms with Gasteiger partial charge >= 0.3 is 0 Å². The molecule has 0 aliphatic heterocycles. The number of ketones is 1. The minimum absolute atomic E-state index is 0.106. The number of Topliss-reactive ketones (excluding diaryl/α,β-unsaturated/α-hetero) is 1. The molecule has 1 amide bonds. The summed E-state index contributed by atoms with van der Waals surface area (Å²) in [4.78, 5) is 29.6. The molecule has 6 nitrogen and oxygen atoms in total. The van der Waals surface area contributed by atoms with Crippen LogP contribution in [0.25, 0.3) is 5.69 Å². The lowest BCUT2D eigenvalue weighted by atomic mass is 10.0. The SMILES string of the molecule is Cc1c(C(=O)Nc2nc3c(s2)C(=O)CCC3)cnn1-c1cccc(Cl)c1. The average molecular weight is 387 g/mol. The van der Waals surface area contributed by atoms with Gasteiger partial charge in [-0.1, -0.05) is 29.0 Å². The second-order valence-corrected chi connectivity index (χ2v) is 7.50. The Bertz CT molecular complexity index is 1020. The van der Waals surface area contributed by atoms with Crippen molar-refractivity contribution in [3.63, 3.8) is 0 Å². The Hall–Kier alpha value is -2.51. The van der Waals surface area contributed by atoms with Crippen molar-refractivity contribution in [2.45, 2.75) is 26.2 Å². The van der Waals surface area contributed by atoms with Gasteiger partial charge < -0.3 is 0 Å². The molecule has 0 radical (unpaired) electrons. The van der Waals surface area contributed by atoms with Crippen LogP contribution in [-0.2, 0) is 6.42 Å². The molecule has 2 aromatic heterocycles. The molecule has 3 aromatic rings. The van der Waals surface area contributed by atoms with E-state index in [-0.39, 0.29) is 11.7 Å². The maximum atomic E-state index is 12.6. The fourth-order valence-electron chi connectivity index (χ4n) is 2.99. The Labute approximate surface area is 158 Å². The lowest BCUT2D eigenvalue weighted by Gasteiger charge is -2.06. The number of hydrogen-bond acceptors (Lipinski definition) is 5. The van der Waals surface area contributed by atoms with Crippen molar-refractivity contribution in [3.05, 3.63) is 57.3 Å². The number of benzene rings is 1. The highest BCUT2D eigenvalue weighted by molar-refractivity contribution is 7.17. The van der Waals surface area contributed by atoms with E-state index in [9.17, 15) is 9.59 Å². The molecule has 1 aliphatic rings. The summed E-state index contributed by atoms with van der Waals surface area (Å²) in [5.74, 6) is -0.191. The summed E-state index contributed by atoms with van der Waals surface area (Å²) in [7, 11) is 0. The number of anilines is 1. The Morgan fingerprint density at radius 2 is 2.19 bits per heavy atom. The van der Waals surface area contributed by atoms with Crippen LogP contribution in [0.3, 0.4) is 0 Å². The van der Waals surface area contributed by atoms with Crippen LogP contribution in [0.15, 0.2) is 30.5 Å². The third kappa shape index (κ3) is 3.04. The van der Waals surface area contributed by atoms with Crippen LogP contribution in [0, 0.1) is 6.92 Å². The number of carbonyl (C=O) groups is 2. The third-order valence-electron chi connectivity index (χ3n) is 4.30. The molecule has 1 aliphatic carbocycles. The van der Waals surface area contributed by atoms with Gasteiger partial charge in [0.05, 0.1) is 33.7 Å². The minimum Gasteiger partial charge on any atom is -0.298 e. The molecule has 0 unspecified atom stereocenters. The van der Waals surface area contributed by atoms with Gasteiger partial charge in [0.15, 0.2) is 10.9 Å². The van der Waals surface area contributed by atoms with Crippen molar-refractivity contribution in [2.24, 2.45) is 0 Å². The van der Waals surface area contributed by atoms with Crippen LogP contribution < -0.4 is 5.32 Å². The van der Waals surface area contributed by atoms with Crippen LogP contribution in [0.2, 0.25) is 5.02 Å². The quantitative estimate of drug-likeness (QED) is 0.736. The maximum absolute atomic E-state index is 12.6. The van der Waals surface area contributed by atoms with Gasteiger partial charge in [-0.3, -0.25) is 14.9 Å². The summed E-state index contributed by atoms with van der Waals surface area (Å²) in [6.45, 7) is 1.82. The van der Waals surface area contributed by atoms with Gasteiger partial charge in [0.25, 0.3) is 5.91 Å². The van der Waals surface area contributed by atoms with Gasteiger partial charge in [0.1, 0.15) is 0 Å². The molecule has 26 heavy (non-hydrogen) atoms. The van der Waals surface area contributed by atoms with E-state index in [4.69, 9.17) is 11.6 Å². The number of nitrogens with zero attached hydrogens (tertiary/aromatic N) is 3. The molecule has 132 valence electrons. The number of halogens is 1. The Balaban J connectivity index is 1.59. The summed E-state index contributed by atoms with van der Waals surface area (Å²) in [6.07, 6.45) is 3.66. The highest BCUT2D eigenvalue weighted by Crippen LogP contribution is 2.30. The molecule has 0 bridgehead atoms. The molecule has 0 saturated heterocycles. The molecule has 4 rings (SSSR count). The Morgan fingerprint density at radius 1 is 1.35 bits per heavy atom. The van der Waals surface area contributed by atoms with Crippen molar-refractivity contribution in [1.82, 2.24) is 14.8 Å². The zero-order chi connectivity index (χ0) is 18.3. The number of fused-ring (bicyclic) bond motifs is 1. The van der Waals surface area contributed by atoms with Crippen molar-refractivity contribution >= 4 is 39.8 Å². The smallest absolute Gasteiger partial charge is 0.260 e. The van der Waals surface area contributed by atoms with E-state index in [1.807, 2.05) is 19.1 Å². The first-order valence-electron chi connectivity index (χ1n) is 8.18. The predicted molar refractivity (Wildman–Crippen MR) is 101 cm³/mol. The first kappa shape index (κ1) is 16.9. The molecule has 0 saturated carbocycles. The lowest BCUT2D eigenvalue weighted by Crippen LogP contribution is -2.13. The van der Waals surface area contributed by atoms with E-state index in [1.165, 1.54) is 17.5 Å². The number of aromatic nitrogens is 3. The minimum atomic E-state index is -0.297. The molecule has 0 spiro atoms. The Kier molecular flexibility index (Phi) is 4.34. The first-order chi connectivity index (χ1) is 12.5. The fraction of sp³-hybridized carbons (Fsp3) is 0.222. The van der Waals surface area contributed by atoms with Crippen LogP contribution in [-0.4, -0.2) is 26.5 Å². The standard InChI is InChI=1S/C18H15ClN4O2S/c1-10-13(9-20-23(10)12-5-2-4-11(19)8-12)17(25)22-18-21-14-6-3-7-15(24)16(14)26-18/h2,4-5,8-9H,3,6-7H2,1H3,(H,21,22,25). The van der Waals surface area contributed by atoms with E-state index in [1.54, 1.807) is 16.8 Å². The summed E-state index contributed by atoms with van der Waals surface area (Å²) < 4.78 is 1.66. The molecule has 8 heteroatoms. The number of nitrogens with one attached hydrogen (secondary N) is 1. The topological polar surface area (TPSA) is 76.9 Å². The largest absolute Gasteiger partial charge is 0.298 e. The first-order valence-corrected chi connectivity index (χ1v) is 9.37. The van der Waals surface area contributed by atoms with Gasteiger partial charge in [-0.25, -0.2) is 9.67 Å². The zero-order valence-electron chi connectivity index (χ0n) is 14.0. The third-order valence-corrected chi connectivity index (χ3v) is 5.58. The molecular weight excluding hydrogens is 372 g/mol. The van der Waals surface area contributed by atoms with E-state index < -0.39 is 0 Å². The summed E-state index contributed by atoms with van der Waals surface area (Å²) in [5, 5.41) is 8.13. The Morgan fingerprint density at radius 3 is 2.96 bits per heavy atom. The number of carbonyl (C=O) groups excluding carboxylic acids is 2. The van der Waals surface area contributed by atoms with Crippen molar-refractivity contribution < 1.29 is 9.59 Å². The van der Waals surface area contributed by atoms with Crippen LogP contribution >= 0.6 is 22.9 Å². The van der Waals surface area contributed by atoms with E-state index in [0.29, 0.717) is 32.7 Å². The fourth-order valence-corrected chi connectivity index (χ4v) is 4.15. The molecule has 1 aromatic carbocycles. The van der Waals surface area contributed by atoms with Gasteiger partial charge in [-0.2, -0.15) is 5.10 Å². The molecule has 0 atom stereocenters. The number of aryl methyl sites for hydroxylation is 1. The van der Waals surface area contributed by atoms with Crippen molar-refractivity contribution in [2.75, 3.05) is 5.32 Å². The van der Waals surface area contributed by atoms with Gasteiger partial charge in [0, 0.05) is 11.4 Å². The molecule has 2 heterocycles. The highest BCUT2D eigenvalue weighted by Gasteiger charge is 2.24. The van der Waals surface area contributed by atoms with Gasteiger partial charge in [-0.15, -0.1) is 0 Å². The van der Waals surface area contributed by atoms with Gasteiger partial charge in [-0.05, 0) is 38.0 Å². The number of amides is 1. The van der Waals surface area contributed by atoms with E-state index in [2.05, 4.69) is 15.4 Å². The highest BCUT2D eigenvalue weighted by atomic mass is 35.5. The van der Waals surface area contributed by atoms with E-state index >= 15 is 0 Å². The number of hydrogen-bond donors (Lipinski definition) is 1. The van der Waals surface area contributed by atoms with Crippen LogP contribution in [0.1, 0.15) is 44.3 Å². The van der Waals surface area contributed by atoms with Crippen molar-refractivity contribution in [1.29, 1.82) is 0 Å². The average Bonchev–Trinajstić information content (AvgIpc) is 3.19. The zero-order valence-corrected chi connectivity index (χ0v) is 15.5. The molecule has 0 fully saturated rings. The summed E-state index contributed by atoms with van der Waals surface area (Å²) >= 11 is 7.27. The van der Waals surface area contributed by atoms with Crippen LogP contribution in [0.5, 0.6) is 0 Å². The maximum Gasteiger partial charge on any atom is 0.260 e. The number of thiazole rings is 1. The molecule has 1 N–H and O–H groups in total. The van der Waals surface area contributed by atoms with E-state index in [0.717, 1.165) is 24.2 Å². The molecular formula is C18H15ClN4O2S. The van der Waals surface area contributed by atoms with Crippen molar-refractivity contribution in [3.8, 4) is 5.69 Å². The lowest BCUT2D eigenvalue weighted by molar-refractivity contribution is 0.0975. The number of rotatable bonds is 3.